The van der Waals surface area contributed by atoms with Crippen molar-refractivity contribution in [3.8, 4) is 5.75 Å². The topological polar surface area (TPSA) is 58.6 Å². The summed E-state index contributed by atoms with van der Waals surface area (Å²) in [4.78, 5) is 27.1. The van der Waals surface area contributed by atoms with Crippen molar-refractivity contribution < 1.29 is 18.7 Å². The fourth-order valence-electron chi connectivity index (χ4n) is 4.00. The molecule has 0 radical (unpaired) electrons. The summed E-state index contributed by atoms with van der Waals surface area (Å²) >= 11 is 0. The van der Waals surface area contributed by atoms with Crippen LogP contribution in [0, 0.1) is 11.7 Å². The van der Waals surface area contributed by atoms with Crippen molar-refractivity contribution in [3.05, 3.63) is 101 Å². The number of likely N-dealkylation sites (tertiary alicyclic amines) is 1. The van der Waals surface area contributed by atoms with Crippen LogP contribution in [0.5, 0.6) is 5.75 Å². The van der Waals surface area contributed by atoms with Crippen LogP contribution in [-0.2, 0) is 17.9 Å². The van der Waals surface area contributed by atoms with Gasteiger partial charge in [0.05, 0.1) is 0 Å². The first-order valence-corrected chi connectivity index (χ1v) is 11.2. The Morgan fingerprint density at radius 3 is 2.21 bits per heavy atom. The maximum absolute atomic E-state index is 13.1. The largest absolute Gasteiger partial charge is 0.489 e. The molecule has 33 heavy (non-hydrogen) atoms. The van der Waals surface area contributed by atoms with E-state index >= 15 is 0 Å². The third-order valence-corrected chi connectivity index (χ3v) is 5.95. The molecule has 0 unspecified atom stereocenters. The number of amides is 2. The SMILES string of the molecule is O=C(NCc1ccccc1COc1ccccc1)C1CCN(C(=O)c2ccc(F)cc2)CC1. The number of nitrogens with zero attached hydrogens (tertiary/aromatic N) is 1. The second kappa shape index (κ2) is 10.8. The molecule has 3 aromatic carbocycles. The van der Waals surface area contributed by atoms with Gasteiger partial charge in [-0.2, -0.15) is 0 Å². The summed E-state index contributed by atoms with van der Waals surface area (Å²) in [5, 5.41) is 3.05. The molecule has 0 spiro atoms. The molecule has 0 saturated carbocycles. The highest BCUT2D eigenvalue weighted by atomic mass is 19.1. The monoisotopic (exact) mass is 446 g/mol. The number of carbonyl (C=O) groups excluding carboxylic acids is 2. The van der Waals surface area contributed by atoms with Gasteiger partial charge in [0.15, 0.2) is 0 Å². The van der Waals surface area contributed by atoms with Gasteiger partial charge in [-0.1, -0.05) is 42.5 Å². The normalized spacial score (nSPS) is 14.0. The first-order chi connectivity index (χ1) is 16.1. The van der Waals surface area contributed by atoms with Crippen LogP contribution < -0.4 is 10.1 Å². The lowest BCUT2D eigenvalue weighted by atomic mass is 9.95. The number of carbonyl (C=O) groups is 2. The summed E-state index contributed by atoms with van der Waals surface area (Å²) in [5.74, 6) is 0.187. The molecule has 1 heterocycles. The average Bonchev–Trinajstić information content (AvgIpc) is 2.87. The van der Waals surface area contributed by atoms with E-state index in [0.29, 0.717) is 44.6 Å². The van der Waals surface area contributed by atoms with E-state index in [9.17, 15) is 14.0 Å². The zero-order chi connectivity index (χ0) is 23.0. The van der Waals surface area contributed by atoms with Gasteiger partial charge in [0.2, 0.25) is 5.91 Å². The average molecular weight is 447 g/mol. The molecule has 0 atom stereocenters. The smallest absolute Gasteiger partial charge is 0.253 e. The highest BCUT2D eigenvalue weighted by molar-refractivity contribution is 5.94. The molecule has 4 rings (SSSR count). The fraction of sp³-hybridized carbons (Fsp3) is 0.259. The number of hydrogen-bond acceptors (Lipinski definition) is 3. The number of benzene rings is 3. The predicted molar refractivity (Wildman–Crippen MR) is 124 cm³/mol. The number of halogens is 1. The molecule has 1 aliphatic rings. The van der Waals surface area contributed by atoms with Crippen molar-refractivity contribution in [1.29, 1.82) is 0 Å². The van der Waals surface area contributed by atoms with E-state index in [-0.39, 0.29) is 23.5 Å². The molecule has 1 saturated heterocycles. The molecule has 0 bridgehead atoms. The van der Waals surface area contributed by atoms with Gasteiger partial charge < -0.3 is 15.0 Å². The summed E-state index contributed by atoms with van der Waals surface area (Å²) in [6.45, 7) is 1.88. The second-order valence-corrected chi connectivity index (χ2v) is 8.16. The van der Waals surface area contributed by atoms with Gasteiger partial charge in [-0.25, -0.2) is 4.39 Å². The zero-order valence-corrected chi connectivity index (χ0v) is 18.4. The van der Waals surface area contributed by atoms with Crippen molar-refractivity contribution in [2.45, 2.75) is 26.0 Å². The van der Waals surface area contributed by atoms with Crippen LogP contribution in [0.4, 0.5) is 4.39 Å². The van der Waals surface area contributed by atoms with E-state index in [1.807, 2.05) is 54.6 Å². The lowest BCUT2D eigenvalue weighted by Crippen LogP contribution is -2.43. The van der Waals surface area contributed by atoms with Gasteiger partial charge in [0.1, 0.15) is 18.2 Å². The Hall–Kier alpha value is -3.67. The minimum atomic E-state index is -0.366. The quantitative estimate of drug-likeness (QED) is 0.578. The van der Waals surface area contributed by atoms with E-state index in [1.165, 1.54) is 24.3 Å². The van der Waals surface area contributed by atoms with Crippen molar-refractivity contribution >= 4 is 11.8 Å². The number of nitrogens with one attached hydrogen (secondary N) is 1. The second-order valence-electron chi connectivity index (χ2n) is 8.16. The Kier molecular flexibility index (Phi) is 7.35. The molecule has 170 valence electrons. The van der Waals surface area contributed by atoms with E-state index in [2.05, 4.69) is 5.32 Å². The lowest BCUT2D eigenvalue weighted by Gasteiger charge is -2.31. The summed E-state index contributed by atoms with van der Waals surface area (Å²) in [6.07, 6.45) is 1.22. The van der Waals surface area contributed by atoms with E-state index in [1.54, 1.807) is 4.90 Å². The molecular weight excluding hydrogens is 419 g/mol. The van der Waals surface area contributed by atoms with Crippen molar-refractivity contribution in [2.24, 2.45) is 5.92 Å². The third-order valence-electron chi connectivity index (χ3n) is 5.95. The molecule has 0 aromatic heterocycles. The maximum Gasteiger partial charge on any atom is 0.253 e. The number of ether oxygens (including phenoxy) is 1. The molecule has 3 aromatic rings. The first kappa shape index (κ1) is 22.5. The number of hydrogen-bond donors (Lipinski definition) is 1. The van der Waals surface area contributed by atoms with E-state index in [4.69, 9.17) is 4.74 Å². The van der Waals surface area contributed by atoms with Crippen LogP contribution in [0.15, 0.2) is 78.9 Å². The van der Waals surface area contributed by atoms with Gasteiger partial charge in [0, 0.05) is 31.1 Å². The van der Waals surface area contributed by atoms with Crippen LogP contribution in [0.1, 0.15) is 34.3 Å². The van der Waals surface area contributed by atoms with E-state index < -0.39 is 0 Å². The highest BCUT2D eigenvalue weighted by Gasteiger charge is 2.27. The Morgan fingerprint density at radius 2 is 1.52 bits per heavy atom. The highest BCUT2D eigenvalue weighted by Crippen LogP contribution is 2.20. The molecule has 0 aliphatic carbocycles. The molecule has 6 heteroatoms. The summed E-state index contributed by atoms with van der Waals surface area (Å²) < 4.78 is 19.0. The van der Waals surface area contributed by atoms with Crippen LogP contribution in [-0.4, -0.2) is 29.8 Å². The predicted octanol–water partition coefficient (Wildman–Crippen LogP) is 4.57. The number of piperidine rings is 1. The fourth-order valence-corrected chi connectivity index (χ4v) is 4.00. The van der Waals surface area contributed by atoms with Crippen LogP contribution in [0.25, 0.3) is 0 Å². The standard InChI is InChI=1S/C27H27FN2O3/c28-24-12-10-21(11-13-24)27(32)30-16-14-20(15-17-30)26(31)29-18-22-6-4-5-7-23(22)19-33-25-8-2-1-3-9-25/h1-13,20H,14-19H2,(H,29,31). The van der Waals surface area contributed by atoms with Crippen LogP contribution >= 0.6 is 0 Å². The number of rotatable bonds is 7. The molecule has 1 aliphatic heterocycles. The Balaban J connectivity index is 1.27. The van der Waals surface area contributed by atoms with Crippen LogP contribution in [0.2, 0.25) is 0 Å². The molecule has 1 fully saturated rings. The summed E-state index contributed by atoms with van der Waals surface area (Å²) in [7, 11) is 0. The van der Waals surface area contributed by atoms with Crippen molar-refractivity contribution in [3.63, 3.8) is 0 Å². The Bertz CT molecular complexity index is 1080. The Morgan fingerprint density at radius 1 is 0.879 bits per heavy atom. The van der Waals surface area contributed by atoms with Gasteiger partial charge in [-0.05, 0) is 60.4 Å². The molecule has 5 nitrogen and oxygen atoms in total. The van der Waals surface area contributed by atoms with Gasteiger partial charge in [0.25, 0.3) is 5.91 Å². The van der Waals surface area contributed by atoms with Crippen molar-refractivity contribution in [1.82, 2.24) is 10.2 Å². The van der Waals surface area contributed by atoms with Gasteiger partial charge in [-0.3, -0.25) is 9.59 Å². The number of para-hydroxylation sites is 1. The summed E-state index contributed by atoms with van der Waals surface area (Å²) in [5.41, 5.74) is 2.51. The first-order valence-electron chi connectivity index (χ1n) is 11.2. The molecule has 1 N–H and O–H groups in total. The minimum absolute atomic E-state index is 0.00246. The third kappa shape index (κ3) is 5.98. The van der Waals surface area contributed by atoms with Gasteiger partial charge >= 0.3 is 0 Å². The molecule has 2 amide bonds. The zero-order valence-electron chi connectivity index (χ0n) is 18.4. The lowest BCUT2D eigenvalue weighted by molar-refractivity contribution is -0.126. The minimum Gasteiger partial charge on any atom is -0.489 e. The summed E-state index contributed by atoms with van der Waals surface area (Å²) in [6, 6.07) is 23.1. The van der Waals surface area contributed by atoms with E-state index in [0.717, 1.165) is 16.9 Å². The maximum atomic E-state index is 13.1. The van der Waals surface area contributed by atoms with Crippen LogP contribution in [0.3, 0.4) is 0 Å². The Labute approximate surface area is 193 Å². The van der Waals surface area contributed by atoms with Gasteiger partial charge in [-0.15, -0.1) is 0 Å². The molecular formula is C27H27FN2O3. The van der Waals surface area contributed by atoms with Crippen molar-refractivity contribution in [2.75, 3.05) is 13.1 Å².